The highest BCUT2D eigenvalue weighted by molar-refractivity contribution is 5.88. The molecule has 0 saturated heterocycles. The van der Waals surface area contributed by atoms with Crippen molar-refractivity contribution in [2.45, 2.75) is 65.2 Å². The summed E-state index contributed by atoms with van der Waals surface area (Å²) in [6, 6.07) is 15.6. The van der Waals surface area contributed by atoms with Crippen LogP contribution in [0.5, 0.6) is 11.5 Å². The SMILES string of the molecule is CCCCCCCCCc1ccc(OCCOCCOCCOCCOCCOCCOCCOc2ccc(NC(C)=O)cc2)cc1. The lowest BCUT2D eigenvalue weighted by Gasteiger charge is -2.09. The van der Waals surface area contributed by atoms with E-state index in [0.717, 1.165) is 23.6 Å². The fourth-order valence-electron chi connectivity index (χ4n) is 4.51. The number of hydrogen-bond donors (Lipinski definition) is 1. The van der Waals surface area contributed by atoms with Crippen molar-refractivity contribution in [2.75, 3.05) is 97.8 Å². The zero-order valence-corrected chi connectivity index (χ0v) is 28.8. The van der Waals surface area contributed by atoms with Crippen molar-refractivity contribution < 1.29 is 42.7 Å². The average molecular weight is 662 g/mol. The van der Waals surface area contributed by atoms with Gasteiger partial charge >= 0.3 is 0 Å². The third-order valence-corrected chi connectivity index (χ3v) is 7.02. The van der Waals surface area contributed by atoms with E-state index in [0.29, 0.717) is 92.5 Å². The third-order valence-electron chi connectivity index (χ3n) is 7.02. The topological polar surface area (TPSA) is 103 Å². The predicted molar refractivity (Wildman–Crippen MR) is 185 cm³/mol. The molecule has 0 atom stereocenters. The van der Waals surface area contributed by atoms with E-state index in [2.05, 4.69) is 36.5 Å². The Labute approximate surface area is 282 Å². The number of nitrogens with one attached hydrogen (secondary N) is 1. The van der Waals surface area contributed by atoms with Crippen molar-refractivity contribution in [2.24, 2.45) is 0 Å². The summed E-state index contributed by atoms with van der Waals surface area (Å²) in [6.07, 6.45) is 10.5. The molecule has 0 fully saturated rings. The average Bonchev–Trinajstić information content (AvgIpc) is 3.07. The number of carbonyl (C=O) groups is 1. The summed E-state index contributed by atoms with van der Waals surface area (Å²) >= 11 is 0. The molecule has 2 aromatic rings. The molecule has 0 heterocycles. The second-order valence-corrected chi connectivity index (χ2v) is 11.1. The summed E-state index contributed by atoms with van der Waals surface area (Å²) in [5.41, 5.74) is 2.12. The summed E-state index contributed by atoms with van der Waals surface area (Å²) in [5, 5.41) is 2.72. The van der Waals surface area contributed by atoms with Gasteiger partial charge in [0.2, 0.25) is 5.91 Å². The lowest BCUT2D eigenvalue weighted by Crippen LogP contribution is -2.15. The molecule has 2 aromatic carbocycles. The fraction of sp³-hybridized carbons (Fsp3) is 0.649. The Morgan fingerprint density at radius 3 is 1.26 bits per heavy atom. The maximum absolute atomic E-state index is 11.0. The van der Waals surface area contributed by atoms with E-state index in [1.54, 1.807) is 24.3 Å². The van der Waals surface area contributed by atoms with Gasteiger partial charge in [0.1, 0.15) is 24.7 Å². The second-order valence-electron chi connectivity index (χ2n) is 11.1. The van der Waals surface area contributed by atoms with Crippen LogP contribution in [-0.2, 0) is 39.6 Å². The van der Waals surface area contributed by atoms with Crippen molar-refractivity contribution in [3.8, 4) is 11.5 Å². The Balaban J connectivity index is 1.24. The van der Waals surface area contributed by atoms with Crippen molar-refractivity contribution in [1.29, 1.82) is 0 Å². The number of aryl methyl sites for hydroxylation is 1. The fourth-order valence-corrected chi connectivity index (χ4v) is 4.51. The van der Waals surface area contributed by atoms with Crippen LogP contribution in [0.3, 0.4) is 0 Å². The Kier molecular flexibility index (Phi) is 25.3. The number of hydrogen-bond acceptors (Lipinski definition) is 9. The van der Waals surface area contributed by atoms with E-state index in [4.69, 9.17) is 37.9 Å². The molecule has 0 aliphatic carbocycles. The van der Waals surface area contributed by atoms with Crippen LogP contribution in [0.2, 0.25) is 0 Å². The van der Waals surface area contributed by atoms with Crippen molar-refractivity contribution in [3.05, 3.63) is 54.1 Å². The Hall–Kier alpha value is -2.73. The highest BCUT2D eigenvalue weighted by Crippen LogP contribution is 2.16. The van der Waals surface area contributed by atoms with Crippen molar-refractivity contribution in [1.82, 2.24) is 0 Å². The third kappa shape index (κ3) is 24.1. The second kappa shape index (κ2) is 29.4. The lowest BCUT2D eigenvalue weighted by atomic mass is 10.0. The molecule has 1 amide bonds. The van der Waals surface area contributed by atoms with Gasteiger partial charge in [-0.3, -0.25) is 4.79 Å². The number of anilines is 1. The Bertz CT molecular complexity index is 988. The minimum atomic E-state index is -0.103. The predicted octanol–water partition coefficient (Wildman–Crippen LogP) is 6.50. The minimum Gasteiger partial charge on any atom is -0.491 e. The molecule has 10 nitrogen and oxygen atoms in total. The van der Waals surface area contributed by atoms with Gasteiger partial charge in [-0.25, -0.2) is 0 Å². The maximum Gasteiger partial charge on any atom is 0.221 e. The van der Waals surface area contributed by atoms with Crippen LogP contribution < -0.4 is 14.8 Å². The zero-order chi connectivity index (χ0) is 33.5. The quantitative estimate of drug-likeness (QED) is 0.0881. The van der Waals surface area contributed by atoms with Crippen molar-refractivity contribution in [3.63, 3.8) is 0 Å². The maximum atomic E-state index is 11.0. The standard InChI is InChI=1S/C37H59NO9/c1-3-4-5-6-7-8-9-10-34-11-15-36(16-12-34)46-31-29-44-27-25-42-23-21-40-19-20-41-22-24-43-26-28-45-30-32-47-37-17-13-35(14-18-37)38-33(2)39/h11-18H,3-10,19-32H2,1-2H3,(H,38,39). The van der Waals surface area contributed by atoms with Gasteiger partial charge in [0.25, 0.3) is 0 Å². The summed E-state index contributed by atoms with van der Waals surface area (Å²) in [6.45, 7) is 10.8. The first-order valence-corrected chi connectivity index (χ1v) is 17.4. The van der Waals surface area contributed by atoms with Gasteiger partial charge in [-0.05, 0) is 54.8 Å². The van der Waals surface area contributed by atoms with Gasteiger partial charge in [0.05, 0.1) is 79.3 Å². The Morgan fingerprint density at radius 1 is 0.489 bits per heavy atom. The number of benzene rings is 2. The summed E-state index contributed by atoms with van der Waals surface area (Å²) in [4.78, 5) is 11.0. The van der Waals surface area contributed by atoms with Crippen LogP contribution in [0, 0.1) is 0 Å². The van der Waals surface area contributed by atoms with Crippen LogP contribution >= 0.6 is 0 Å². The largest absolute Gasteiger partial charge is 0.491 e. The highest BCUT2D eigenvalue weighted by Gasteiger charge is 2.00. The van der Waals surface area contributed by atoms with E-state index in [9.17, 15) is 4.79 Å². The number of carbonyl (C=O) groups excluding carboxylic acids is 1. The van der Waals surface area contributed by atoms with Gasteiger partial charge in [-0.2, -0.15) is 0 Å². The molecule has 0 saturated carbocycles. The van der Waals surface area contributed by atoms with E-state index in [-0.39, 0.29) is 5.91 Å². The van der Waals surface area contributed by atoms with E-state index < -0.39 is 0 Å². The molecule has 0 bridgehead atoms. The van der Waals surface area contributed by atoms with Gasteiger partial charge in [0.15, 0.2) is 0 Å². The van der Waals surface area contributed by atoms with Crippen LogP contribution in [0.4, 0.5) is 5.69 Å². The van der Waals surface area contributed by atoms with Crippen LogP contribution in [-0.4, -0.2) is 98.4 Å². The molecular formula is C37H59NO9. The number of amides is 1. The van der Waals surface area contributed by atoms with Crippen LogP contribution in [0.1, 0.15) is 64.4 Å². The molecule has 2 rings (SSSR count). The molecule has 1 N–H and O–H groups in total. The van der Waals surface area contributed by atoms with Gasteiger partial charge in [-0.15, -0.1) is 0 Å². The normalized spacial score (nSPS) is 11.1. The molecule has 47 heavy (non-hydrogen) atoms. The summed E-state index contributed by atoms with van der Waals surface area (Å²) in [5.74, 6) is 1.50. The smallest absolute Gasteiger partial charge is 0.221 e. The van der Waals surface area contributed by atoms with Crippen LogP contribution in [0.15, 0.2) is 48.5 Å². The van der Waals surface area contributed by atoms with Gasteiger partial charge < -0.3 is 43.2 Å². The zero-order valence-electron chi connectivity index (χ0n) is 28.8. The molecule has 0 aliphatic rings. The minimum absolute atomic E-state index is 0.103. The first-order valence-electron chi connectivity index (χ1n) is 17.4. The molecule has 10 heteroatoms. The molecule has 0 spiro atoms. The van der Waals surface area contributed by atoms with E-state index in [1.165, 1.54) is 57.4 Å². The highest BCUT2D eigenvalue weighted by atomic mass is 16.6. The summed E-state index contributed by atoms with van der Waals surface area (Å²) < 4.78 is 44.5. The van der Waals surface area contributed by atoms with Gasteiger partial charge in [-0.1, -0.05) is 57.6 Å². The van der Waals surface area contributed by atoms with E-state index >= 15 is 0 Å². The first-order chi connectivity index (χ1) is 23.2. The van der Waals surface area contributed by atoms with Crippen molar-refractivity contribution >= 4 is 11.6 Å². The Morgan fingerprint density at radius 2 is 0.851 bits per heavy atom. The first kappa shape index (κ1) is 40.4. The molecule has 0 aliphatic heterocycles. The lowest BCUT2D eigenvalue weighted by molar-refractivity contribution is -0.114. The molecular weight excluding hydrogens is 602 g/mol. The molecule has 266 valence electrons. The number of rotatable bonds is 32. The monoisotopic (exact) mass is 661 g/mol. The summed E-state index contributed by atoms with van der Waals surface area (Å²) in [7, 11) is 0. The van der Waals surface area contributed by atoms with Crippen LogP contribution in [0.25, 0.3) is 0 Å². The molecule has 0 radical (unpaired) electrons. The molecule has 0 aromatic heterocycles. The number of unbranched alkanes of at least 4 members (excludes halogenated alkanes) is 6. The number of ether oxygens (including phenoxy) is 8. The van der Waals surface area contributed by atoms with Gasteiger partial charge in [0, 0.05) is 12.6 Å². The molecule has 0 unspecified atom stereocenters. The van der Waals surface area contributed by atoms with E-state index in [1.807, 2.05) is 0 Å².